The summed E-state index contributed by atoms with van der Waals surface area (Å²) in [6.45, 7) is 2.21. The van der Waals surface area contributed by atoms with Crippen LogP contribution >= 0.6 is 0 Å². The Bertz CT molecular complexity index is 651. The molecular formula is C20H29N5. The zero-order valence-electron chi connectivity index (χ0n) is 14.8. The lowest BCUT2D eigenvalue weighted by Gasteiger charge is -2.39. The number of hydrogen-bond donors (Lipinski definition) is 2. The van der Waals surface area contributed by atoms with Crippen molar-refractivity contribution in [3.63, 3.8) is 0 Å². The largest absolute Gasteiger partial charge is 0.370 e. The third kappa shape index (κ3) is 3.88. The molecule has 5 heteroatoms. The summed E-state index contributed by atoms with van der Waals surface area (Å²) in [7, 11) is 0. The van der Waals surface area contributed by atoms with E-state index >= 15 is 0 Å². The molecule has 2 aliphatic rings. The Labute approximate surface area is 150 Å². The third-order valence-electron chi connectivity index (χ3n) is 5.67. The van der Waals surface area contributed by atoms with Crippen molar-refractivity contribution in [1.82, 2.24) is 15.1 Å². The van der Waals surface area contributed by atoms with Crippen LogP contribution in [-0.2, 0) is 0 Å². The lowest BCUT2D eigenvalue weighted by molar-refractivity contribution is 0.282. The first kappa shape index (κ1) is 16.6. The summed E-state index contributed by atoms with van der Waals surface area (Å²) < 4.78 is 1.90. The molecular weight excluding hydrogens is 310 g/mol. The van der Waals surface area contributed by atoms with Crippen LogP contribution in [0.3, 0.4) is 0 Å². The lowest BCUT2D eigenvalue weighted by atomic mass is 9.89. The number of nitrogens with zero attached hydrogens (tertiary/aromatic N) is 3. The number of hydrogen-bond acceptors (Lipinski definition) is 4. The lowest BCUT2D eigenvalue weighted by Crippen LogP contribution is -2.55. The first-order valence-corrected chi connectivity index (χ1v) is 9.66. The fraction of sp³-hybridized carbons (Fsp3) is 0.550. The maximum atomic E-state index is 6.32. The predicted molar refractivity (Wildman–Crippen MR) is 102 cm³/mol. The molecule has 0 radical (unpaired) electrons. The van der Waals surface area contributed by atoms with Gasteiger partial charge in [0.25, 0.3) is 0 Å². The van der Waals surface area contributed by atoms with Gasteiger partial charge >= 0.3 is 0 Å². The molecule has 1 aromatic carbocycles. The monoisotopic (exact) mass is 339 g/mol. The highest BCUT2D eigenvalue weighted by atomic mass is 15.3. The summed E-state index contributed by atoms with van der Waals surface area (Å²) in [6, 6.07) is 12.1. The molecule has 0 spiro atoms. The van der Waals surface area contributed by atoms with Gasteiger partial charge in [0.05, 0.1) is 5.69 Å². The summed E-state index contributed by atoms with van der Waals surface area (Å²) in [5.74, 6) is 0. The fourth-order valence-corrected chi connectivity index (χ4v) is 4.25. The van der Waals surface area contributed by atoms with Gasteiger partial charge in [-0.3, -0.25) is 0 Å². The number of nitrogens with two attached hydrogens (primary N) is 1. The van der Waals surface area contributed by atoms with E-state index < -0.39 is 0 Å². The second-order valence-corrected chi connectivity index (χ2v) is 7.47. The van der Waals surface area contributed by atoms with E-state index in [0.29, 0.717) is 18.1 Å². The molecule has 1 saturated carbocycles. The first-order valence-electron chi connectivity index (χ1n) is 9.66. The zero-order chi connectivity index (χ0) is 17.1. The zero-order valence-corrected chi connectivity index (χ0v) is 14.8. The van der Waals surface area contributed by atoms with Gasteiger partial charge in [0.1, 0.15) is 0 Å². The molecule has 134 valence electrons. The Hall–Kier alpha value is -1.85. The van der Waals surface area contributed by atoms with Gasteiger partial charge in [-0.1, -0.05) is 12.8 Å². The summed E-state index contributed by atoms with van der Waals surface area (Å²) in [5.41, 5.74) is 8.73. The highest BCUT2D eigenvalue weighted by Crippen LogP contribution is 2.23. The molecule has 2 fully saturated rings. The molecule has 1 saturated heterocycles. The molecule has 1 aliphatic carbocycles. The van der Waals surface area contributed by atoms with E-state index in [0.717, 1.165) is 18.8 Å². The fourth-order valence-electron chi connectivity index (χ4n) is 4.25. The van der Waals surface area contributed by atoms with Crippen molar-refractivity contribution >= 4 is 5.69 Å². The minimum Gasteiger partial charge on any atom is -0.370 e. The predicted octanol–water partition coefficient (Wildman–Crippen LogP) is 2.70. The Morgan fingerprint density at radius 1 is 1.00 bits per heavy atom. The van der Waals surface area contributed by atoms with Gasteiger partial charge in [0, 0.05) is 49.3 Å². The van der Waals surface area contributed by atoms with Crippen molar-refractivity contribution in [2.45, 2.75) is 56.7 Å². The van der Waals surface area contributed by atoms with E-state index in [-0.39, 0.29) is 0 Å². The minimum atomic E-state index is 0.331. The average Bonchev–Trinajstić information content (AvgIpc) is 3.19. The van der Waals surface area contributed by atoms with Crippen molar-refractivity contribution < 1.29 is 0 Å². The van der Waals surface area contributed by atoms with Gasteiger partial charge < -0.3 is 16.0 Å². The van der Waals surface area contributed by atoms with Gasteiger partial charge in [0.15, 0.2) is 0 Å². The molecule has 2 aromatic rings. The second kappa shape index (κ2) is 7.58. The van der Waals surface area contributed by atoms with Crippen molar-refractivity contribution in [1.29, 1.82) is 0 Å². The molecule has 25 heavy (non-hydrogen) atoms. The maximum Gasteiger partial charge on any atom is 0.0647 e. The third-order valence-corrected chi connectivity index (χ3v) is 5.67. The highest BCUT2D eigenvalue weighted by molar-refractivity contribution is 5.51. The topological polar surface area (TPSA) is 59.1 Å². The van der Waals surface area contributed by atoms with E-state index in [9.17, 15) is 0 Å². The quantitative estimate of drug-likeness (QED) is 0.899. The smallest absolute Gasteiger partial charge is 0.0647 e. The van der Waals surface area contributed by atoms with Crippen LogP contribution in [0.15, 0.2) is 42.7 Å². The molecule has 5 nitrogen and oxygen atoms in total. The number of anilines is 1. The van der Waals surface area contributed by atoms with E-state index in [1.54, 1.807) is 0 Å². The number of rotatable bonds is 4. The first-order chi connectivity index (χ1) is 12.3. The SMILES string of the molecule is NC1CCCCC1NC1CCCN(c2ccc(-n3cccn3)cc2)C1. The standard InChI is InChI=1S/C20H29N5/c21-19-6-1-2-7-20(19)23-16-5-3-13-24(15-16)17-8-10-18(11-9-17)25-14-4-12-22-25/h4,8-12,14,16,19-20,23H,1-3,5-7,13,15,21H2. The van der Waals surface area contributed by atoms with Gasteiger partial charge in [-0.05, 0) is 56.0 Å². The van der Waals surface area contributed by atoms with E-state index in [1.165, 1.54) is 44.2 Å². The normalized spacial score (nSPS) is 27.4. The summed E-state index contributed by atoms with van der Waals surface area (Å²) in [4.78, 5) is 2.50. The van der Waals surface area contributed by atoms with Gasteiger partial charge in [0.2, 0.25) is 0 Å². The van der Waals surface area contributed by atoms with Crippen LogP contribution in [0.2, 0.25) is 0 Å². The summed E-state index contributed by atoms with van der Waals surface area (Å²) in [5, 5.41) is 8.15. The molecule has 4 rings (SSSR count). The van der Waals surface area contributed by atoms with Crippen LogP contribution in [0.1, 0.15) is 38.5 Å². The molecule has 0 bridgehead atoms. The van der Waals surface area contributed by atoms with Crippen LogP contribution in [0.5, 0.6) is 0 Å². The van der Waals surface area contributed by atoms with Gasteiger partial charge in [-0.2, -0.15) is 5.10 Å². The highest BCUT2D eigenvalue weighted by Gasteiger charge is 2.27. The second-order valence-electron chi connectivity index (χ2n) is 7.47. The number of aromatic nitrogens is 2. The maximum absolute atomic E-state index is 6.32. The van der Waals surface area contributed by atoms with Crippen LogP contribution in [-0.4, -0.2) is 41.0 Å². The molecule has 3 atom stereocenters. The van der Waals surface area contributed by atoms with Crippen molar-refractivity contribution in [2.75, 3.05) is 18.0 Å². The molecule has 3 unspecified atom stereocenters. The van der Waals surface area contributed by atoms with E-state index in [1.807, 2.05) is 23.1 Å². The number of benzene rings is 1. The van der Waals surface area contributed by atoms with Crippen LogP contribution in [0.4, 0.5) is 5.69 Å². The molecule has 0 amide bonds. The molecule has 1 aromatic heterocycles. The van der Waals surface area contributed by atoms with Crippen LogP contribution in [0.25, 0.3) is 5.69 Å². The number of piperidine rings is 1. The Kier molecular flexibility index (Phi) is 5.04. The van der Waals surface area contributed by atoms with Crippen LogP contribution < -0.4 is 16.0 Å². The minimum absolute atomic E-state index is 0.331. The average molecular weight is 339 g/mol. The summed E-state index contributed by atoms with van der Waals surface area (Å²) in [6.07, 6.45) is 11.3. The molecule has 1 aliphatic heterocycles. The van der Waals surface area contributed by atoms with Crippen LogP contribution in [0, 0.1) is 0 Å². The van der Waals surface area contributed by atoms with Crippen molar-refractivity contribution in [3.8, 4) is 5.69 Å². The Balaban J connectivity index is 1.39. The Morgan fingerprint density at radius 3 is 2.56 bits per heavy atom. The Morgan fingerprint density at radius 2 is 1.80 bits per heavy atom. The van der Waals surface area contributed by atoms with Crippen molar-refractivity contribution in [3.05, 3.63) is 42.7 Å². The molecule has 2 heterocycles. The van der Waals surface area contributed by atoms with E-state index in [4.69, 9.17) is 5.73 Å². The molecule has 3 N–H and O–H groups in total. The van der Waals surface area contributed by atoms with Crippen molar-refractivity contribution in [2.24, 2.45) is 5.73 Å². The number of nitrogens with one attached hydrogen (secondary N) is 1. The van der Waals surface area contributed by atoms with Gasteiger partial charge in [-0.25, -0.2) is 4.68 Å². The summed E-state index contributed by atoms with van der Waals surface area (Å²) >= 11 is 0. The van der Waals surface area contributed by atoms with Gasteiger partial charge in [-0.15, -0.1) is 0 Å². The van der Waals surface area contributed by atoms with E-state index in [2.05, 4.69) is 39.6 Å².